The first kappa shape index (κ1) is 20.1. The summed E-state index contributed by atoms with van der Waals surface area (Å²) in [5, 5.41) is 1.95. The largest absolute Gasteiger partial charge is 0.493 e. The predicted octanol–water partition coefficient (Wildman–Crippen LogP) is 2.82. The Hall–Kier alpha value is -2.20. The van der Waals surface area contributed by atoms with Gasteiger partial charge in [0.1, 0.15) is 17.1 Å². The van der Waals surface area contributed by atoms with Crippen LogP contribution >= 0.6 is 11.8 Å². The molecule has 0 unspecified atom stereocenters. The number of fused-ring (bicyclic) bond motifs is 1. The first-order valence-corrected chi connectivity index (χ1v) is 11.7. The minimum atomic E-state index is -3.48. The Balaban J connectivity index is 1.32. The number of hydrogen-bond acceptors (Lipinski definition) is 7. The second-order valence-electron chi connectivity index (χ2n) is 6.38. The van der Waals surface area contributed by atoms with Crippen LogP contribution in [0, 0.1) is 0 Å². The van der Waals surface area contributed by atoms with Gasteiger partial charge < -0.3 is 9.47 Å². The third kappa shape index (κ3) is 4.69. The van der Waals surface area contributed by atoms with Gasteiger partial charge in [0.15, 0.2) is 0 Å². The first-order valence-electron chi connectivity index (χ1n) is 9.28. The molecule has 2 heterocycles. The standard InChI is InChI=1S/C20H21N3O4S2/c24-29(25,23-9-11-26-12-10-23)17-7-5-16(6-8-17)27-13-14-28-20-18-3-1-2-4-19(18)21-15-22-20/h1-8,15H,9-14H2. The summed E-state index contributed by atoms with van der Waals surface area (Å²) in [5.41, 5.74) is 0.919. The average Bonchev–Trinajstić information content (AvgIpc) is 2.78. The molecule has 0 amide bonds. The van der Waals surface area contributed by atoms with Crippen molar-refractivity contribution in [3.05, 3.63) is 54.9 Å². The molecule has 29 heavy (non-hydrogen) atoms. The van der Waals surface area contributed by atoms with Crippen LogP contribution in [-0.2, 0) is 14.8 Å². The summed E-state index contributed by atoms with van der Waals surface area (Å²) >= 11 is 1.60. The molecule has 3 aromatic rings. The monoisotopic (exact) mass is 431 g/mol. The van der Waals surface area contributed by atoms with Crippen molar-refractivity contribution in [2.45, 2.75) is 9.92 Å². The van der Waals surface area contributed by atoms with Gasteiger partial charge in [-0.25, -0.2) is 18.4 Å². The summed E-state index contributed by atoms with van der Waals surface area (Å²) in [6.45, 7) is 2.11. The summed E-state index contributed by atoms with van der Waals surface area (Å²) in [5.74, 6) is 1.36. The molecule has 0 bridgehead atoms. The molecular weight excluding hydrogens is 410 g/mol. The molecule has 9 heteroatoms. The van der Waals surface area contributed by atoms with E-state index in [2.05, 4.69) is 9.97 Å². The molecule has 0 spiro atoms. The van der Waals surface area contributed by atoms with E-state index in [1.165, 1.54) is 4.31 Å². The van der Waals surface area contributed by atoms with Crippen LogP contribution in [0.15, 0.2) is 64.8 Å². The SMILES string of the molecule is O=S(=O)(c1ccc(OCCSc2ncnc3ccccc23)cc1)N1CCOCC1. The number of para-hydroxylation sites is 1. The van der Waals surface area contributed by atoms with Crippen LogP contribution in [0.5, 0.6) is 5.75 Å². The van der Waals surface area contributed by atoms with Gasteiger partial charge in [-0.15, -0.1) is 11.8 Å². The second kappa shape index (κ2) is 9.08. The third-order valence-electron chi connectivity index (χ3n) is 4.53. The third-order valence-corrected chi connectivity index (χ3v) is 7.41. The molecule has 1 aliphatic rings. The quantitative estimate of drug-likeness (QED) is 0.323. The van der Waals surface area contributed by atoms with Crippen LogP contribution < -0.4 is 4.74 Å². The summed E-state index contributed by atoms with van der Waals surface area (Å²) in [7, 11) is -3.48. The first-order chi connectivity index (χ1) is 14.1. The molecule has 1 fully saturated rings. The van der Waals surface area contributed by atoms with E-state index < -0.39 is 10.0 Å². The number of hydrogen-bond donors (Lipinski definition) is 0. The molecule has 1 aromatic heterocycles. The Bertz CT molecular complexity index is 1060. The van der Waals surface area contributed by atoms with Gasteiger partial charge in [0.25, 0.3) is 0 Å². The maximum atomic E-state index is 12.6. The molecule has 0 radical (unpaired) electrons. The zero-order valence-corrected chi connectivity index (χ0v) is 17.4. The van der Waals surface area contributed by atoms with E-state index in [0.29, 0.717) is 38.7 Å². The predicted molar refractivity (Wildman–Crippen MR) is 112 cm³/mol. The number of morpholine rings is 1. The van der Waals surface area contributed by atoms with Crippen molar-refractivity contribution in [2.24, 2.45) is 0 Å². The fourth-order valence-electron chi connectivity index (χ4n) is 3.04. The van der Waals surface area contributed by atoms with Crippen LogP contribution in [0.4, 0.5) is 0 Å². The van der Waals surface area contributed by atoms with E-state index in [-0.39, 0.29) is 4.90 Å². The van der Waals surface area contributed by atoms with Crippen molar-refractivity contribution in [2.75, 3.05) is 38.7 Å². The van der Waals surface area contributed by atoms with E-state index in [4.69, 9.17) is 9.47 Å². The molecule has 7 nitrogen and oxygen atoms in total. The summed E-state index contributed by atoms with van der Waals surface area (Å²) in [6.07, 6.45) is 1.57. The molecule has 0 saturated carbocycles. The van der Waals surface area contributed by atoms with Gasteiger partial charge in [0.05, 0.1) is 30.2 Å². The lowest BCUT2D eigenvalue weighted by Gasteiger charge is -2.26. The topological polar surface area (TPSA) is 81.6 Å². The van der Waals surface area contributed by atoms with Gasteiger partial charge >= 0.3 is 0 Å². The molecule has 2 aromatic carbocycles. The minimum Gasteiger partial charge on any atom is -0.493 e. The lowest BCUT2D eigenvalue weighted by molar-refractivity contribution is 0.0730. The second-order valence-corrected chi connectivity index (χ2v) is 9.40. The highest BCUT2D eigenvalue weighted by Crippen LogP contribution is 2.25. The summed E-state index contributed by atoms with van der Waals surface area (Å²) in [6, 6.07) is 14.5. The lowest BCUT2D eigenvalue weighted by Crippen LogP contribution is -2.40. The van der Waals surface area contributed by atoms with Crippen LogP contribution in [0.1, 0.15) is 0 Å². The molecule has 0 atom stereocenters. The van der Waals surface area contributed by atoms with Gasteiger partial charge in [-0.1, -0.05) is 18.2 Å². The van der Waals surface area contributed by atoms with Gasteiger partial charge in [0, 0.05) is 24.2 Å². The molecule has 152 valence electrons. The maximum absolute atomic E-state index is 12.6. The van der Waals surface area contributed by atoms with Crippen LogP contribution in [0.3, 0.4) is 0 Å². The fourth-order valence-corrected chi connectivity index (χ4v) is 5.25. The van der Waals surface area contributed by atoms with Crippen molar-refractivity contribution >= 4 is 32.7 Å². The zero-order valence-electron chi connectivity index (χ0n) is 15.7. The fraction of sp³-hybridized carbons (Fsp3) is 0.300. The van der Waals surface area contributed by atoms with E-state index >= 15 is 0 Å². The number of rotatable bonds is 7. The van der Waals surface area contributed by atoms with Gasteiger partial charge in [-0.05, 0) is 30.3 Å². The van der Waals surface area contributed by atoms with E-state index in [9.17, 15) is 8.42 Å². The van der Waals surface area contributed by atoms with Gasteiger partial charge in [-0.2, -0.15) is 4.31 Å². The number of benzene rings is 2. The van der Waals surface area contributed by atoms with Gasteiger partial charge in [0.2, 0.25) is 10.0 Å². The lowest BCUT2D eigenvalue weighted by atomic mass is 10.2. The Morgan fingerprint density at radius 1 is 1.03 bits per heavy atom. The van der Waals surface area contributed by atoms with Gasteiger partial charge in [-0.3, -0.25) is 0 Å². The van der Waals surface area contributed by atoms with Crippen molar-refractivity contribution < 1.29 is 17.9 Å². The summed E-state index contributed by atoms with van der Waals surface area (Å²) in [4.78, 5) is 8.89. The minimum absolute atomic E-state index is 0.272. The number of ether oxygens (including phenoxy) is 2. The van der Waals surface area contributed by atoms with Crippen molar-refractivity contribution in [3.63, 3.8) is 0 Å². The Morgan fingerprint density at radius 3 is 2.59 bits per heavy atom. The highest BCUT2D eigenvalue weighted by Gasteiger charge is 2.26. The van der Waals surface area contributed by atoms with E-state index in [1.807, 2.05) is 24.3 Å². The highest BCUT2D eigenvalue weighted by atomic mass is 32.2. The van der Waals surface area contributed by atoms with Crippen molar-refractivity contribution in [3.8, 4) is 5.75 Å². The molecule has 4 rings (SSSR count). The average molecular weight is 432 g/mol. The summed E-state index contributed by atoms with van der Waals surface area (Å²) < 4.78 is 37.7. The molecule has 1 saturated heterocycles. The van der Waals surface area contributed by atoms with Crippen LogP contribution in [0.25, 0.3) is 10.9 Å². The normalized spacial score (nSPS) is 15.4. The highest BCUT2D eigenvalue weighted by molar-refractivity contribution is 7.99. The molecule has 0 N–H and O–H groups in total. The molecule has 0 aliphatic carbocycles. The maximum Gasteiger partial charge on any atom is 0.243 e. The smallest absolute Gasteiger partial charge is 0.243 e. The Labute approximate surface area is 174 Å². The number of sulfonamides is 1. The van der Waals surface area contributed by atoms with Crippen molar-refractivity contribution in [1.82, 2.24) is 14.3 Å². The van der Waals surface area contributed by atoms with Crippen molar-refractivity contribution in [1.29, 1.82) is 0 Å². The number of aromatic nitrogens is 2. The Kier molecular flexibility index (Phi) is 6.29. The number of nitrogens with zero attached hydrogens (tertiary/aromatic N) is 3. The Morgan fingerprint density at radius 2 is 1.79 bits per heavy atom. The van der Waals surface area contributed by atoms with Crippen LogP contribution in [-0.4, -0.2) is 61.4 Å². The molecule has 1 aliphatic heterocycles. The van der Waals surface area contributed by atoms with E-state index in [1.54, 1.807) is 42.4 Å². The zero-order chi connectivity index (χ0) is 20.1. The molecular formula is C20H21N3O4S2. The number of thioether (sulfide) groups is 1. The van der Waals surface area contributed by atoms with E-state index in [0.717, 1.165) is 21.7 Å². The van der Waals surface area contributed by atoms with Crippen LogP contribution in [0.2, 0.25) is 0 Å².